The van der Waals surface area contributed by atoms with Crippen molar-refractivity contribution in [1.82, 2.24) is 10.3 Å². The molecule has 1 aliphatic rings. The molecular formula is C11H10Br2N2OS. The summed E-state index contributed by atoms with van der Waals surface area (Å²) in [6.45, 7) is 0.789. The Labute approximate surface area is 120 Å². The van der Waals surface area contributed by atoms with Crippen LogP contribution in [0.25, 0.3) is 11.5 Å². The third kappa shape index (κ3) is 2.81. The fraction of sp³-hybridized carbons (Fsp3) is 0.364. The van der Waals surface area contributed by atoms with Gasteiger partial charge in [0, 0.05) is 12.6 Å². The molecule has 0 radical (unpaired) electrons. The molecule has 1 fully saturated rings. The summed E-state index contributed by atoms with van der Waals surface area (Å²) in [5, 5.41) is 3.42. The van der Waals surface area contributed by atoms with Gasteiger partial charge in [0.1, 0.15) is 6.26 Å². The average molecular weight is 378 g/mol. The Morgan fingerprint density at radius 2 is 2.29 bits per heavy atom. The van der Waals surface area contributed by atoms with E-state index in [0.717, 1.165) is 25.4 Å². The highest BCUT2D eigenvalue weighted by molar-refractivity contribution is 9.12. The minimum absolute atomic E-state index is 0.673. The first-order chi connectivity index (χ1) is 8.22. The zero-order chi connectivity index (χ0) is 11.8. The van der Waals surface area contributed by atoms with Crippen molar-refractivity contribution >= 4 is 43.2 Å². The molecule has 0 amide bonds. The van der Waals surface area contributed by atoms with Gasteiger partial charge in [-0.05, 0) is 50.8 Å². The summed E-state index contributed by atoms with van der Waals surface area (Å²) >= 11 is 8.58. The van der Waals surface area contributed by atoms with Crippen LogP contribution in [0, 0.1) is 0 Å². The van der Waals surface area contributed by atoms with Gasteiger partial charge in [-0.2, -0.15) is 0 Å². The summed E-state index contributed by atoms with van der Waals surface area (Å²) in [6.07, 6.45) is 4.30. The Morgan fingerprint density at radius 1 is 1.47 bits per heavy atom. The molecular weight excluding hydrogens is 368 g/mol. The van der Waals surface area contributed by atoms with Gasteiger partial charge >= 0.3 is 0 Å². The highest BCUT2D eigenvalue weighted by atomic mass is 79.9. The van der Waals surface area contributed by atoms with Crippen LogP contribution >= 0.6 is 43.2 Å². The molecule has 90 valence electrons. The van der Waals surface area contributed by atoms with E-state index < -0.39 is 0 Å². The van der Waals surface area contributed by atoms with Crippen LogP contribution in [-0.2, 0) is 6.54 Å². The fourth-order valence-corrected chi connectivity index (χ4v) is 4.31. The van der Waals surface area contributed by atoms with Gasteiger partial charge in [-0.1, -0.05) is 0 Å². The molecule has 2 aromatic rings. The van der Waals surface area contributed by atoms with E-state index in [2.05, 4.69) is 42.2 Å². The van der Waals surface area contributed by atoms with Crippen LogP contribution < -0.4 is 5.32 Å². The molecule has 1 saturated carbocycles. The standard InChI is InChI=1S/C11H10Br2N2OS/c12-9-3-8(10(13)17-9)11-15-7(5-16-11)4-14-6-1-2-6/h3,5-6,14H,1-2,4H2. The molecule has 0 saturated heterocycles. The largest absolute Gasteiger partial charge is 0.444 e. The van der Waals surface area contributed by atoms with Gasteiger partial charge in [0.05, 0.1) is 18.8 Å². The molecule has 0 aliphatic heterocycles. The molecule has 2 heterocycles. The van der Waals surface area contributed by atoms with E-state index in [-0.39, 0.29) is 0 Å². The number of rotatable bonds is 4. The van der Waals surface area contributed by atoms with E-state index in [1.165, 1.54) is 12.8 Å². The van der Waals surface area contributed by atoms with Gasteiger partial charge < -0.3 is 9.73 Å². The summed E-state index contributed by atoms with van der Waals surface area (Å²) < 4.78 is 7.60. The van der Waals surface area contributed by atoms with Crippen LogP contribution in [0.3, 0.4) is 0 Å². The monoisotopic (exact) mass is 376 g/mol. The Balaban J connectivity index is 1.76. The number of thiophene rings is 1. The molecule has 0 bridgehead atoms. The third-order valence-electron chi connectivity index (χ3n) is 2.59. The van der Waals surface area contributed by atoms with Gasteiger partial charge in [0.25, 0.3) is 0 Å². The number of hydrogen-bond donors (Lipinski definition) is 1. The lowest BCUT2D eigenvalue weighted by atomic mass is 10.3. The zero-order valence-corrected chi connectivity index (χ0v) is 12.9. The predicted octanol–water partition coefficient (Wildman–Crippen LogP) is 4.18. The lowest BCUT2D eigenvalue weighted by Crippen LogP contribution is -2.15. The molecule has 17 heavy (non-hydrogen) atoms. The summed E-state index contributed by atoms with van der Waals surface area (Å²) in [4.78, 5) is 4.48. The van der Waals surface area contributed by atoms with Crippen molar-refractivity contribution in [2.45, 2.75) is 25.4 Å². The van der Waals surface area contributed by atoms with Gasteiger partial charge in [-0.25, -0.2) is 4.98 Å². The summed E-state index contributed by atoms with van der Waals surface area (Å²) in [5.74, 6) is 0.673. The number of hydrogen-bond acceptors (Lipinski definition) is 4. The second-order valence-corrected chi connectivity index (χ2v) is 7.79. The maximum atomic E-state index is 5.50. The smallest absolute Gasteiger partial charge is 0.228 e. The minimum Gasteiger partial charge on any atom is -0.444 e. The average Bonchev–Trinajstić information content (AvgIpc) is 2.90. The molecule has 1 aliphatic carbocycles. The van der Waals surface area contributed by atoms with Gasteiger partial charge in [0.2, 0.25) is 5.89 Å². The van der Waals surface area contributed by atoms with Crippen molar-refractivity contribution in [1.29, 1.82) is 0 Å². The highest BCUT2D eigenvalue weighted by Crippen LogP contribution is 2.38. The molecule has 1 N–H and O–H groups in total. The SMILES string of the molecule is Brc1cc(-c2nc(CNC3CC3)co2)c(Br)s1. The first-order valence-corrected chi connectivity index (χ1v) is 7.75. The highest BCUT2D eigenvalue weighted by Gasteiger charge is 2.21. The van der Waals surface area contributed by atoms with Crippen LogP contribution in [0.4, 0.5) is 0 Å². The lowest BCUT2D eigenvalue weighted by molar-refractivity contribution is 0.570. The number of halogens is 2. The molecule has 0 atom stereocenters. The molecule has 0 unspecified atom stereocenters. The fourth-order valence-electron chi connectivity index (χ4n) is 1.53. The summed E-state index contributed by atoms with van der Waals surface area (Å²) in [7, 11) is 0. The number of nitrogens with one attached hydrogen (secondary N) is 1. The number of aromatic nitrogens is 1. The van der Waals surface area contributed by atoms with Crippen molar-refractivity contribution in [2.24, 2.45) is 0 Å². The molecule has 0 aromatic carbocycles. The van der Waals surface area contributed by atoms with Crippen molar-refractivity contribution in [3.05, 3.63) is 25.6 Å². The number of oxazole rings is 1. The van der Waals surface area contributed by atoms with Crippen LogP contribution in [0.2, 0.25) is 0 Å². The van der Waals surface area contributed by atoms with Crippen LogP contribution in [0.15, 0.2) is 24.3 Å². The molecule has 0 spiro atoms. The second kappa shape index (κ2) is 4.84. The first-order valence-electron chi connectivity index (χ1n) is 5.35. The Bertz CT molecular complexity index is 533. The van der Waals surface area contributed by atoms with Crippen LogP contribution in [0.5, 0.6) is 0 Å². The Morgan fingerprint density at radius 3 is 2.94 bits per heavy atom. The summed E-state index contributed by atoms with van der Waals surface area (Å²) in [5.41, 5.74) is 1.96. The van der Waals surface area contributed by atoms with Crippen LogP contribution in [-0.4, -0.2) is 11.0 Å². The summed E-state index contributed by atoms with van der Waals surface area (Å²) in [6, 6.07) is 2.70. The Hall–Kier alpha value is -0.170. The van der Waals surface area contributed by atoms with Gasteiger partial charge in [-0.3, -0.25) is 0 Å². The van der Waals surface area contributed by atoms with Crippen molar-refractivity contribution in [2.75, 3.05) is 0 Å². The van der Waals surface area contributed by atoms with Crippen molar-refractivity contribution in [3.8, 4) is 11.5 Å². The molecule has 3 rings (SSSR count). The van der Waals surface area contributed by atoms with E-state index in [1.54, 1.807) is 17.6 Å². The quantitative estimate of drug-likeness (QED) is 0.868. The van der Waals surface area contributed by atoms with Crippen LogP contribution in [0.1, 0.15) is 18.5 Å². The maximum Gasteiger partial charge on any atom is 0.228 e. The third-order valence-corrected chi connectivity index (χ3v) is 4.93. The number of nitrogens with zero attached hydrogens (tertiary/aromatic N) is 1. The molecule has 6 heteroatoms. The van der Waals surface area contributed by atoms with Gasteiger partial charge in [-0.15, -0.1) is 11.3 Å². The maximum absolute atomic E-state index is 5.50. The van der Waals surface area contributed by atoms with E-state index in [0.29, 0.717) is 11.9 Å². The topological polar surface area (TPSA) is 38.1 Å². The first kappa shape index (κ1) is 11.9. The second-order valence-electron chi connectivity index (χ2n) is 4.04. The van der Waals surface area contributed by atoms with Gasteiger partial charge in [0.15, 0.2) is 0 Å². The molecule has 2 aromatic heterocycles. The van der Waals surface area contributed by atoms with E-state index in [1.807, 2.05) is 6.07 Å². The minimum atomic E-state index is 0.673. The normalized spacial score (nSPS) is 15.4. The van der Waals surface area contributed by atoms with Crippen molar-refractivity contribution < 1.29 is 4.42 Å². The molecule has 3 nitrogen and oxygen atoms in total. The van der Waals surface area contributed by atoms with Crippen molar-refractivity contribution in [3.63, 3.8) is 0 Å². The lowest BCUT2D eigenvalue weighted by Gasteiger charge is -1.96. The van der Waals surface area contributed by atoms with E-state index in [9.17, 15) is 0 Å². The predicted molar refractivity (Wildman–Crippen MR) is 75.1 cm³/mol. The van der Waals surface area contributed by atoms with E-state index in [4.69, 9.17) is 4.42 Å². The van der Waals surface area contributed by atoms with E-state index >= 15 is 0 Å². The zero-order valence-electron chi connectivity index (χ0n) is 8.87. The Kier molecular flexibility index (Phi) is 3.38.